The van der Waals surface area contributed by atoms with Crippen molar-refractivity contribution in [1.82, 2.24) is 0 Å². The van der Waals surface area contributed by atoms with Crippen LogP contribution in [0.5, 0.6) is 0 Å². The lowest BCUT2D eigenvalue weighted by atomic mass is 9.71. The van der Waals surface area contributed by atoms with Crippen LogP contribution in [0.25, 0.3) is 0 Å². The number of rotatable bonds is 3. The topological polar surface area (TPSA) is 55.7 Å². The molecule has 1 unspecified atom stereocenters. The Morgan fingerprint density at radius 2 is 1.89 bits per heavy atom. The molecule has 0 N–H and O–H groups in total. The summed E-state index contributed by atoms with van der Waals surface area (Å²) < 4.78 is 5.83. The Labute approximate surface area is 164 Å². The van der Waals surface area contributed by atoms with Crippen LogP contribution in [0.4, 0.5) is 0 Å². The maximum atomic E-state index is 13.2. The maximum Gasteiger partial charge on any atom is 0.315 e. The molecule has 142 valence electrons. The van der Waals surface area contributed by atoms with Crippen LogP contribution < -0.4 is 0 Å². The zero-order valence-corrected chi connectivity index (χ0v) is 16.3. The van der Waals surface area contributed by atoms with E-state index in [1.165, 1.54) is 0 Å². The van der Waals surface area contributed by atoms with Gasteiger partial charge in [-0.3, -0.25) is 14.6 Å². The number of halogens is 1. The van der Waals surface area contributed by atoms with Gasteiger partial charge < -0.3 is 4.74 Å². The lowest BCUT2D eigenvalue weighted by Crippen LogP contribution is -2.38. The van der Waals surface area contributed by atoms with Crippen LogP contribution in [0.1, 0.15) is 63.4 Å². The molecule has 1 saturated carbocycles. The van der Waals surface area contributed by atoms with Crippen molar-refractivity contribution in [2.24, 2.45) is 10.9 Å². The van der Waals surface area contributed by atoms with E-state index >= 15 is 0 Å². The molecule has 0 aromatic heterocycles. The zero-order chi connectivity index (χ0) is 19.0. The molecule has 4 rings (SSSR count). The summed E-state index contributed by atoms with van der Waals surface area (Å²) in [6.45, 7) is 1.87. The summed E-state index contributed by atoms with van der Waals surface area (Å²) in [6.07, 6.45) is 6.07. The van der Waals surface area contributed by atoms with Gasteiger partial charge in [0.25, 0.3) is 0 Å². The monoisotopic (exact) mass is 385 g/mol. The fraction of sp³-hybridized carbons (Fsp3) is 0.500. The number of nitrogens with zero attached hydrogens (tertiary/aromatic N) is 1. The molecule has 0 spiro atoms. The minimum Gasteiger partial charge on any atom is -0.462 e. The van der Waals surface area contributed by atoms with E-state index in [2.05, 4.69) is 4.99 Å². The normalized spacial score (nSPS) is 26.0. The van der Waals surface area contributed by atoms with Crippen LogP contribution in [-0.4, -0.2) is 23.6 Å². The van der Waals surface area contributed by atoms with Crippen molar-refractivity contribution in [2.45, 2.75) is 63.9 Å². The number of esters is 1. The first kappa shape index (κ1) is 18.4. The van der Waals surface area contributed by atoms with E-state index in [-0.39, 0.29) is 17.9 Å². The minimum atomic E-state index is -0.591. The number of Topliss-reactive ketones (excluding diaryl/α,β-unsaturated/α-hetero) is 1. The predicted octanol–water partition coefficient (Wildman–Crippen LogP) is 5.01. The fourth-order valence-corrected chi connectivity index (χ4v) is 4.87. The Hall–Kier alpha value is -1.94. The standard InChI is InChI=1S/C22H24ClNO3/c1-13-19(22(26)27-14-7-2-3-8-14)20(15-9-4-5-10-16(15)23)21-17(24-13)11-6-12-18(21)25/h4-5,9-10,14,19-20H,2-3,6-8,11-12H2,1H3/t19?,20-/m0/s1. The van der Waals surface area contributed by atoms with Gasteiger partial charge in [-0.2, -0.15) is 0 Å². The summed E-state index contributed by atoms with van der Waals surface area (Å²) in [5, 5.41) is 0.570. The van der Waals surface area contributed by atoms with Crippen molar-refractivity contribution < 1.29 is 14.3 Å². The van der Waals surface area contributed by atoms with Gasteiger partial charge in [0.15, 0.2) is 5.78 Å². The van der Waals surface area contributed by atoms with Gasteiger partial charge in [0.1, 0.15) is 12.0 Å². The molecule has 3 aliphatic rings. The van der Waals surface area contributed by atoms with Crippen LogP contribution >= 0.6 is 11.6 Å². The van der Waals surface area contributed by atoms with Gasteiger partial charge in [-0.15, -0.1) is 0 Å². The van der Waals surface area contributed by atoms with E-state index < -0.39 is 11.8 Å². The Kier molecular flexibility index (Phi) is 5.18. The second-order valence-corrected chi connectivity index (χ2v) is 8.12. The zero-order valence-electron chi connectivity index (χ0n) is 15.5. The molecule has 1 heterocycles. The van der Waals surface area contributed by atoms with Gasteiger partial charge in [-0.25, -0.2) is 0 Å². The maximum absolute atomic E-state index is 13.2. The molecule has 0 saturated heterocycles. The third-order valence-electron chi connectivity index (χ3n) is 5.91. The lowest BCUT2D eigenvalue weighted by molar-refractivity contribution is -0.151. The number of carbonyl (C=O) groups excluding carboxylic acids is 2. The highest BCUT2D eigenvalue weighted by molar-refractivity contribution is 6.31. The predicted molar refractivity (Wildman–Crippen MR) is 105 cm³/mol. The fourth-order valence-electron chi connectivity index (χ4n) is 4.62. The average Bonchev–Trinajstić information content (AvgIpc) is 3.14. The summed E-state index contributed by atoms with van der Waals surface area (Å²) in [4.78, 5) is 30.6. The molecular weight excluding hydrogens is 362 g/mol. The first-order chi connectivity index (χ1) is 13.1. The first-order valence-corrected chi connectivity index (χ1v) is 10.2. The van der Waals surface area contributed by atoms with E-state index in [0.29, 0.717) is 17.0 Å². The van der Waals surface area contributed by atoms with E-state index in [1.54, 1.807) is 0 Å². The van der Waals surface area contributed by atoms with E-state index in [9.17, 15) is 9.59 Å². The van der Waals surface area contributed by atoms with Gasteiger partial charge in [-0.1, -0.05) is 29.8 Å². The Morgan fingerprint density at radius 1 is 1.15 bits per heavy atom. The highest BCUT2D eigenvalue weighted by atomic mass is 35.5. The summed E-state index contributed by atoms with van der Waals surface area (Å²) in [6, 6.07) is 7.48. The average molecular weight is 386 g/mol. The summed E-state index contributed by atoms with van der Waals surface area (Å²) in [5.74, 6) is -1.20. The smallest absolute Gasteiger partial charge is 0.315 e. The summed E-state index contributed by atoms with van der Waals surface area (Å²) >= 11 is 6.50. The number of ketones is 1. The number of benzene rings is 1. The van der Waals surface area contributed by atoms with E-state index in [1.807, 2.05) is 31.2 Å². The quantitative estimate of drug-likeness (QED) is 0.687. The minimum absolute atomic E-state index is 0.0189. The lowest BCUT2D eigenvalue weighted by Gasteiger charge is -2.35. The summed E-state index contributed by atoms with van der Waals surface area (Å²) in [5.41, 5.74) is 3.01. The number of carbonyl (C=O) groups is 2. The Balaban J connectivity index is 1.77. The molecule has 2 atom stereocenters. The molecule has 1 aromatic rings. The molecule has 0 amide bonds. The molecule has 0 bridgehead atoms. The van der Waals surface area contributed by atoms with Crippen LogP contribution in [-0.2, 0) is 14.3 Å². The van der Waals surface area contributed by atoms with Gasteiger partial charge >= 0.3 is 5.97 Å². The SMILES string of the molecule is CC1=NC2=C(C(=O)CCC2)[C@@H](c2ccccc2Cl)C1C(=O)OC1CCCC1. The molecule has 2 aliphatic carbocycles. The number of hydrogen-bond donors (Lipinski definition) is 0. The van der Waals surface area contributed by atoms with Crippen molar-refractivity contribution in [2.75, 3.05) is 0 Å². The van der Waals surface area contributed by atoms with Crippen LogP contribution in [0.15, 0.2) is 40.5 Å². The summed E-state index contributed by atoms with van der Waals surface area (Å²) in [7, 11) is 0. The first-order valence-electron chi connectivity index (χ1n) is 9.82. The second kappa shape index (κ2) is 7.59. The third kappa shape index (κ3) is 3.47. The third-order valence-corrected chi connectivity index (χ3v) is 6.26. The van der Waals surface area contributed by atoms with Crippen LogP contribution in [0, 0.1) is 5.92 Å². The van der Waals surface area contributed by atoms with Crippen molar-refractivity contribution in [3.05, 3.63) is 46.1 Å². The molecular formula is C22H24ClNO3. The Morgan fingerprint density at radius 3 is 2.63 bits per heavy atom. The number of allylic oxidation sites excluding steroid dienone is 2. The number of ether oxygens (including phenoxy) is 1. The molecule has 27 heavy (non-hydrogen) atoms. The van der Waals surface area contributed by atoms with Crippen molar-refractivity contribution in [3.63, 3.8) is 0 Å². The van der Waals surface area contributed by atoms with Crippen molar-refractivity contribution >= 4 is 29.1 Å². The highest BCUT2D eigenvalue weighted by Crippen LogP contribution is 2.45. The van der Waals surface area contributed by atoms with Crippen molar-refractivity contribution in [3.8, 4) is 0 Å². The Bertz CT molecular complexity index is 836. The van der Waals surface area contributed by atoms with Gasteiger partial charge in [0, 0.05) is 34.3 Å². The van der Waals surface area contributed by atoms with Gasteiger partial charge in [-0.05, 0) is 57.1 Å². The van der Waals surface area contributed by atoms with Crippen LogP contribution in [0.2, 0.25) is 5.02 Å². The largest absolute Gasteiger partial charge is 0.462 e. The number of aliphatic imine (C=N–C) groups is 1. The molecule has 1 fully saturated rings. The van der Waals surface area contributed by atoms with Crippen molar-refractivity contribution in [1.29, 1.82) is 0 Å². The van der Waals surface area contributed by atoms with Gasteiger partial charge in [0.05, 0.1) is 0 Å². The molecule has 1 aromatic carbocycles. The highest BCUT2D eigenvalue weighted by Gasteiger charge is 2.44. The number of hydrogen-bond acceptors (Lipinski definition) is 4. The van der Waals surface area contributed by atoms with Gasteiger partial charge in [0.2, 0.25) is 0 Å². The second-order valence-electron chi connectivity index (χ2n) is 7.71. The molecule has 4 nitrogen and oxygen atoms in total. The van der Waals surface area contributed by atoms with E-state index in [4.69, 9.17) is 16.3 Å². The molecule has 0 radical (unpaired) electrons. The van der Waals surface area contributed by atoms with E-state index in [0.717, 1.165) is 55.5 Å². The van der Waals surface area contributed by atoms with Crippen LogP contribution in [0.3, 0.4) is 0 Å². The molecule has 1 aliphatic heterocycles. The molecule has 5 heteroatoms.